The number of hydrogen-bond donors (Lipinski definition) is 1. The summed E-state index contributed by atoms with van der Waals surface area (Å²) in [5.41, 5.74) is 0.828. The third-order valence-electron chi connectivity index (χ3n) is 2.46. The summed E-state index contributed by atoms with van der Waals surface area (Å²) in [5, 5.41) is 7.16. The summed E-state index contributed by atoms with van der Waals surface area (Å²) < 4.78 is 16.2. The van der Waals surface area contributed by atoms with Crippen molar-refractivity contribution in [2.45, 2.75) is 32.7 Å². The van der Waals surface area contributed by atoms with E-state index in [9.17, 15) is 0 Å². The van der Waals surface area contributed by atoms with Gasteiger partial charge >= 0.3 is 0 Å². The fraction of sp³-hybridized carbons (Fsp3) is 0.727. The van der Waals surface area contributed by atoms with Crippen molar-refractivity contribution < 1.29 is 14.0 Å². The number of ether oxygens (including phenoxy) is 2. The Kier molecular flexibility index (Phi) is 3.93. The normalized spacial score (nSPS) is 25.9. The van der Waals surface area contributed by atoms with E-state index in [0.717, 1.165) is 24.5 Å². The summed E-state index contributed by atoms with van der Waals surface area (Å²) in [7, 11) is 0. The number of hydrogen-bond acceptors (Lipinski definition) is 5. The molecular weight excluding hydrogens is 208 g/mol. The molecule has 1 aromatic rings. The van der Waals surface area contributed by atoms with Crippen LogP contribution in [0.4, 0.5) is 0 Å². The van der Waals surface area contributed by atoms with Crippen LogP contribution in [0, 0.1) is 6.92 Å². The molecule has 0 aliphatic carbocycles. The molecule has 0 radical (unpaired) electrons. The van der Waals surface area contributed by atoms with Gasteiger partial charge in [-0.1, -0.05) is 5.16 Å². The van der Waals surface area contributed by atoms with Crippen LogP contribution >= 0.6 is 0 Å². The molecule has 1 aromatic heterocycles. The minimum atomic E-state index is 0.136. The highest BCUT2D eigenvalue weighted by atomic mass is 16.5. The lowest BCUT2D eigenvalue weighted by Crippen LogP contribution is -2.45. The van der Waals surface area contributed by atoms with E-state index >= 15 is 0 Å². The highest BCUT2D eigenvalue weighted by Crippen LogP contribution is 2.06. The average Bonchev–Trinajstić information content (AvgIpc) is 2.64. The van der Waals surface area contributed by atoms with Crippen molar-refractivity contribution in [2.24, 2.45) is 0 Å². The van der Waals surface area contributed by atoms with Crippen molar-refractivity contribution in [3.63, 3.8) is 0 Å². The maximum absolute atomic E-state index is 5.70. The third-order valence-corrected chi connectivity index (χ3v) is 2.46. The van der Waals surface area contributed by atoms with Gasteiger partial charge in [-0.3, -0.25) is 0 Å². The smallest absolute Gasteiger partial charge is 0.134 e. The second-order valence-electron chi connectivity index (χ2n) is 4.17. The maximum Gasteiger partial charge on any atom is 0.134 e. The second kappa shape index (κ2) is 5.43. The predicted molar refractivity (Wildman–Crippen MR) is 58.1 cm³/mol. The lowest BCUT2D eigenvalue weighted by Gasteiger charge is -2.28. The average molecular weight is 226 g/mol. The quantitative estimate of drug-likeness (QED) is 0.825. The highest BCUT2D eigenvalue weighted by Gasteiger charge is 2.18. The van der Waals surface area contributed by atoms with Gasteiger partial charge in [0.15, 0.2) is 0 Å². The van der Waals surface area contributed by atoms with Crippen LogP contribution in [0.15, 0.2) is 10.6 Å². The molecule has 2 rings (SSSR count). The first-order chi connectivity index (χ1) is 7.74. The molecule has 2 atom stereocenters. The van der Waals surface area contributed by atoms with Gasteiger partial charge < -0.3 is 19.3 Å². The van der Waals surface area contributed by atoms with Crippen LogP contribution in [0.3, 0.4) is 0 Å². The van der Waals surface area contributed by atoms with Crippen molar-refractivity contribution in [3.8, 4) is 0 Å². The monoisotopic (exact) mass is 226 g/mol. The van der Waals surface area contributed by atoms with E-state index in [-0.39, 0.29) is 12.2 Å². The number of nitrogens with one attached hydrogen (secondary N) is 1. The van der Waals surface area contributed by atoms with Crippen molar-refractivity contribution in [2.75, 3.05) is 19.7 Å². The molecule has 1 aliphatic rings. The van der Waals surface area contributed by atoms with Gasteiger partial charge in [-0.15, -0.1) is 0 Å². The number of aromatic nitrogens is 1. The van der Waals surface area contributed by atoms with Crippen LogP contribution in [-0.2, 0) is 16.1 Å². The molecule has 1 N–H and O–H groups in total. The topological polar surface area (TPSA) is 56.5 Å². The van der Waals surface area contributed by atoms with Crippen LogP contribution < -0.4 is 5.32 Å². The summed E-state index contributed by atoms with van der Waals surface area (Å²) in [6, 6.07) is 1.88. The Morgan fingerprint density at radius 2 is 2.44 bits per heavy atom. The van der Waals surface area contributed by atoms with Crippen molar-refractivity contribution >= 4 is 0 Å². The zero-order chi connectivity index (χ0) is 11.4. The van der Waals surface area contributed by atoms with E-state index in [1.165, 1.54) is 0 Å². The van der Waals surface area contributed by atoms with Gasteiger partial charge in [0, 0.05) is 19.2 Å². The summed E-state index contributed by atoms with van der Waals surface area (Å²) in [5.74, 6) is 0.808. The lowest BCUT2D eigenvalue weighted by molar-refractivity contribution is -0.0721. The van der Waals surface area contributed by atoms with Gasteiger partial charge in [-0.25, -0.2) is 0 Å². The number of rotatable bonds is 4. The molecule has 2 heterocycles. The largest absolute Gasteiger partial charge is 0.372 e. The Labute approximate surface area is 95.1 Å². The van der Waals surface area contributed by atoms with Gasteiger partial charge in [-0.2, -0.15) is 0 Å². The maximum atomic E-state index is 5.70. The fourth-order valence-electron chi connectivity index (χ4n) is 1.75. The molecule has 0 saturated carbocycles. The number of morpholine rings is 1. The van der Waals surface area contributed by atoms with E-state index in [1.54, 1.807) is 0 Å². The summed E-state index contributed by atoms with van der Waals surface area (Å²) >= 11 is 0. The van der Waals surface area contributed by atoms with E-state index < -0.39 is 0 Å². The first kappa shape index (κ1) is 11.6. The van der Waals surface area contributed by atoms with Gasteiger partial charge in [0.05, 0.1) is 25.4 Å². The first-order valence-corrected chi connectivity index (χ1v) is 5.60. The molecule has 1 fully saturated rings. The van der Waals surface area contributed by atoms with Crippen LogP contribution in [0.5, 0.6) is 0 Å². The van der Waals surface area contributed by atoms with Gasteiger partial charge in [0.25, 0.3) is 0 Å². The molecular formula is C11H18N2O3. The van der Waals surface area contributed by atoms with Crippen molar-refractivity contribution in [3.05, 3.63) is 17.5 Å². The molecule has 0 spiro atoms. The zero-order valence-corrected chi connectivity index (χ0v) is 9.73. The molecule has 0 amide bonds. The molecule has 5 nitrogen and oxygen atoms in total. The molecule has 0 aromatic carbocycles. The molecule has 2 unspecified atom stereocenters. The highest BCUT2D eigenvalue weighted by molar-refractivity contribution is 5.01. The fourth-order valence-corrected chi connectivity index (χ4v) is 1.75. The molecule has 16 heavy (non-hydrogen) atoms. The van der Waals surface area contributed by atoms with Crippen LogP contribution in [0.1, 0.15) is 18.4 Å². The third kappa shape index (κ3) is 3.30. The molecule has 90 valence electrons. The Morgan fingerprint density at radius 3 is 3.12 bits per heavy atom. The Morgan fingerprint density at radius 1 is 1.56 bits per heavy atom. The minimum Gasteiger partial charge on any atom is -0.372 e. The van der Waals surface area contributed by atoms with E-state index in [4.69, 9.17) is 14.0 Å². The molecule has 5 heteroatoms. The number of aryl methyl sites for hydroxylation is 1. The Balaban J connectivity index is 1.67. The van der Waals surface area contributed by atoms with E-state index in [0.29, 0.717) is 13.2 Å². The van der Waals surface area contributed by atoms with Crippen LogP contribution in [0.25, 0.3) is 0 Å². The summed E-state index contributed by atoms with van der Waals surface area (Å²) in [4.78, 5) is 0. The minimum absolute atomic E-state index is 0.136. The lowest BCUT2D eigenvalue weighted by atomic mass is 10.2. The Bertz CT molecular complexity index is 327. The number of nitrogens with zero attached hydrogens (tertiary/aromatic N) is 1. The van der Waals surface area contributed by atoms with Crippen LogP contribution in [0.2, 0.25) is 0 Å². The standard InChI is InChI=1S/C11H18N2O3/c1-8-3-10(13-16-8)6-14-7-11-5-12-4-9(2)15-11/h3,9,11-12H,4-7H2,1-2H3. The second-order valence-corrected chi connectivity index (χ2v) is 4.17. The van der Waals surface area contributed by atoms with Gasteiger partial charge in [-0.05, 0) is 13.8 Å². The summed E-state index contributed by atoms with van der Waals surface area (Å²) in [6.07, 6.45) is 0.397. The Hall–Kier alpha value is -0.910. The van der Waals surface area contributed by atoms with Crippen molar-refractivity contribution in [1.82, 2.24) is 10.5 Å². The van der Waals surface area contributed by atoms with E-state index in [2.05, 4.69) is 17.4 Å². The van der Waals surface area contributed by atoms with Crippen LogP contribution in [-0.4, -0.2) is 37.1 Å². The van der Waals surface area contributed by atoms with E-state index in [1.807, 2.05) is 13.0 Å². The van der Waals surface area contributed by atoms with Crippen molar-refractivity contribution in [1.29, 1.82) is 0 Å². The molecule has 0 bridgehead atoms. The SMILES string of the molecule is Cc1cc(COCC2CNCC(C)O2)no1. The van der Waals surface area contributed by atoms with Gasteiger partial charge in [0.2, 0.25) is 0 Å². The zero-order valence-electron chi connectivity index (χ0n) is 9.73. The predicted octanol–water partition coefficient (Wildman–Crippen LogP) is 0.877. The first-order valence-electron chi connectivity index (χ1n) is 5.60. The summed E-state index contributed by atoms with van der Waals surface area (Å²) in [6.45, 7) is 6.75. The molecule has 1 aliphatic heterocycles. The molecule has 1 saturated heterocycles. The van der Waals surface area contributed by atoms with Gasteiger partial charge in [0.1, 0.15) is 11.5 Å².